The van der Waals surface area contributed by atoms with E-state index in [0.717, 1.165) is 10.4 Å². The second-order valence-electron chi connectivity index (χ2n) is 5.81. The fraction of sp³-hybridized carbons (Fsp3) is 0.312. The normalized spacial score (nSPS) is 14.6. The quantitative estimate of drug-likeness (QED) is 0.675. The van der Waals surface area contributed by atoms with Gasteiger partial charge in [0.05, 0.1) is 4.88 Å². The van der Waals surface area contributed by atoms with Gasteiger partial charge in [-0.05, 0) is 28.1 Å². The lowest BCUT2D eigenvalue weighted by Gasteiger charge is -2.34. The Morgan fingerprint density at radius 2 is 1.88 bits per heavy atom. The molecule has 0 N–H and O–H groups in total. The average Bonchev–Trinajstić information content (AvgIpc) is 3.42. The molecule has 0 atom stereocenters. The van der Waals surface area contributed by atoms with Crippen LogP contribution in [0.4, 0.5) is 0 Å². The highest BCUT2D eigenvalue weighted by Gasteiger charge is 2.25. The van der Waals surface area contributed by atoms with Crippen molar-refractivity contribution < 1.29 is 9.59 Å². The van der Waals surface area contributed by atoms with Crippen molar-refractivity contribution in [3.05, 3.63) is 39.2 Å². The Kier molecular flexibility index (Phi) is 4.76. The molecule has 0 aromatic carbocycles. The molecule has 10 heteroatoms. The molecule has 1 saturated heterocycles. The summed E-state index contributed by atoms with van der Waals surface area (Å²) in [6, 6.07) is 5.61. The molecular formula is C16H16N6O2S2. The second-order valence-corrected chi connectivity index (χ2v) is 7.53. The summed E-state index contributed by atoms with van der Waals surface area (Å²) >= 11 is 2.99. The molecule has 3 aromatic heterocycles. The Morgan fingerprint density at radius 1 is 1.08 bits per heavy atom. The lowest BCUT2D eigenvalue weighted by Crippen LogP contribution is -2.51. The highest BCUT2D eigenvalue weighted by Crippen LogP contribution is 2.17. The molecule has 1 fully saturated rings. The van der Waals surface area contributed by atoms with Gasteiger partial charge in [-0.1, -0.05) is 6.07 Å². The van der Waals surface area contributed by atoms with Gasteiger partial charge in [-0.2, -0.15) is 16.1 Å². The first-order valence-electron chi connectivity index (χ1n) is 8.11. The van der Waals surface area contributed by atoms with Crippen LogP contribution in [-0.2, 0) is 11.3 Å². The number of amides is 2. The van der Waals surface area contributed by atoms with Gasteiger partial charge in [0.1, 0.15) is 6.54 Å². The predicted molar refractivity (Wildman–Crippen MR) is 97.9 cm³/mol. The number of piperazine rings is 1. The van der Waals surface area contributed by atoms with Gasteiger partial charge >= 0.3 is 0 Å². The molecule has 26 heavy (non-hydrogen) atoms. The molecule has 3 aromatic rings. The maximum Gasteiger partial charge on any atom is 0.264 e. The van der Waals surface area contributed by atoms with Gasteiger partial charge in [0.15, 0.2) is 0 Å². The van der Waals surface area contributed by atoms with Crippen molar-refractivity contribution in [2.24, 2.45) is 0 Å². The number of tetrazole rings is 1. The van der Waals surface area contributed by atoms with Crippen LogP contribution in [0.3, 0.4) is 0 Å². The number of thiophene rings is 2. The summed E-state index contributed by atoms with van der Waals surface area (Å²) in [5, 5.41) is 18.0. The van der Waals surface area contributed by atoms with Crippen molar-refractivity contribution in [2.75, 3.05) is 26.2 Å². The van der Waals surface area contributed by atoms with Gasteiger partial charge in [0.2, 0.25) is 11.7 Å². The number of hydrogen-bond acceptors (Lipinski definition) is 7. The first kappa shape index (κ1) is 16.9. The largest absolute Gasteiger partial charge is 0.337 e. The average molecular weight is 388 g/mol. The third-order valence-electron chi connectivity index (χ3n) is 4.16. The topological polar surface area (TPSA) is 84.2 Å². The zero-order chi connectivity index (χ0) is 17.9. The SMILES string of the molecule is O=C(Cn1nnc(-c2ccsc2)n1)N1CCN(C(=O)c2cccs2)CC1. The van der Waals surface area contributed by atoms with Crippen molar-refractivity contribution in [1.29, 1.82) is 0 Å². The summed E-state index contributed by atoms with van der Waals surface area (Å²) in [6.45, 7) is 2.15. The minimum absolute atomic E-state index is 0.0328. The number of nitrogens with zero attached hydrogens (tertiary/aromatic N) is 6. The molecule has 8 nitrogen and oxygen atoms in total. The molecule has 0 bridgehead atoms. The van der Waals surface area contributed by atoms with Gasteiger partial charge in [0, 0.05) is 37.1 Å². The Bertz CT molecular complexity index is 882. The monoisotopic (exact) mass is 388 g/mol. The van der Waals surface area contributed by atoms with E-state index >= 15 is 0 Å². The van der Waals surface area contributed by atoms with Crippen molar-refractivity contribution in [1.82, 2.24) is 30.0 Å². The summed E-state index contributed by atoms with van der Waals surface area (Å²) < 4.78 is 0. The molecule has 1 aliphatic rings. The summed E-state index contributed by atoms with van der Waals surface area (Å²) in [4.78, 5) is 30.4. The molecule has 2 amide bonds. The predicted octanol–water partition coefficient (Wildman–Crippen LogP) is 1.45. The maximum absolute atomic E-state index is 12.5. The van der Waals surface area contributed by atoms with Crippen LogP contribution in [0, 0.1) is 0 Å². The smallest absolute Gasteiger partial charge is 0.264 e. The molecule has 4 rings (SSSR count). The second kappa shape index (κ2) is 7.34. The molecule has 4 heterocycles. The standard InChI is InChI=1S/C16H16N6O2S2/c23-14(10-22-18-15(17-19-22)12-3-9-25-11-12)20-4-6-21(7-5-20)16(24)13-2-1-8-26-13/h1-3,8-9,11H,4-7,10H2. The van der Waals surface area contributed by atoms with E-state index in [9.17, 15) is 9.59 Å². The Morgan fingerprint density at radius 3 is 2.58 bits per heavy atom. The Hall–Kier alpha value is -2.59. The van der Waals surface area contributed by atoms with Crippen molar-refractivity contribution in [3.8, 4) is 11.4 Å². The molecule has 0 unspecified atom stereocenters. The minimum atomic E-state index is -0.0671. The highest BCUT2D eigenvalue weighted by atomic mass is 32.1. The fourth-order valence-electron chi connectivity index (χ4n) is 2.75. The molecule has 0 radical (unpaired) electrons. The van der Waals surface area contributed by atoms with Crippen LogP contribution >= 0.6 is 22.7 Å². The molecule has 0 aliphatic carbocycles. The van der Waals surface area contributed by atoms with Crippen LogP contribution in [0.25, 0.3) is 11.4 Å². The lowest BCUT2D eigenvalue weighted by atomic mass is 10.3. The van der Waals surface area contributed by atoms with Crippen LogP contribution in [0.1, 0.15) is 9.67 Å². The molecule has 1 aliphatic heterocycles. The van der Waals surface area contributed by atoms with Crippen LogP contribution in [0.2, 0.25) is 0 Å². The Labute approximate surface area is 157 Å². The minimum Gasteiger partial charge on any atom is -0.337 e. The summed E-state index contributed by atoms with van der Waals surface area (Å²) in [6.07, 6.45) is 0. The van der Waals surface area contributed by atoms with E-state index in [-0.39, 0.29) is 18.4 Å². The van der Waals surface area contributed by atoms with E-state index in [2.05, 4.69) is 15.4 Å². The number of rotatable bonds is 4. The first-order chi connectivity index (χ1) is 12.7. The van der Waals surface area contributed by atoms with Gasteiger partial charge in [0.25, 0.3) is 5.91 Å². The number of carbonyl (C=O) groups excluding carboxylic acids is 2. The van der Waals surface area contributed by atoms with E-state index in [0.29, 0.717) is 32.0 Å². The van der Waals surface area contributed by atoms with E-state index in [1.165, 1.54) is 16.1 Å². The van der Waals surface area contributed by atoms with Gasteiger partial charge < -0.3 is 9.80 Å². The van der Waals surface area contributed by atoms with Crippen molar-refractivity contribution in [2.45, 2.75) is 6.54 Å². The number of carbonyl (C=O) groups is 2. The number of hydrogen-bond donors (Lipinski definition) is 0. The summed E-state index contributed by atoms with van der Waals surface area (Å²) in [5.41, 5.74) is 0.898. The van der Waals surface area contributed by atoms with E-state index < -0.39 is 0 Å². The van der Waals surface area contributed by atoms with E-state index in [1.807, 2.05) is 34.3 Å². The first-order valence-corrected chi connectivity index (χ1v) is 9.94. The van der Waals surface area contributed by atoms with Gasteiger partial charge in [-0.25, -0.2) is 0 Å². The van der Waals surface area contributed by atoms with Gasteiger partial charge in [-0.3, -0.25) is 9.59 Å². The molecule has 0 saturated carbocycles. The third kappa shape index (κ3) is 3.51. The summed E-state index contributed by atoms with van der Waals surface area (Å²) in [5.74, 6) is 0.485. The zero-order valence-corrected chi connectivity index (χ0v) is 15.4. The van der Waals surface area contributed by atoms with Crippen molar-refractivity contribution >= 4 is 34.5 Å². The van der Waals surface area contributed by atoms with Crippen LogP contribution < -0.4 is 0 Å². The molecule has 0 spiro atoms. The maximum atomic E-state index is 12.5. The lowest BCUT2D eigenvalue weighted by molar-refractivity contribution is -0.133. The number of aromatic nitrogens is 4. The summed E-state index contributed by atoms with van der Waals surface area (Å²) in [7, 11) is 0. The molecule has 134 valence electrons. The zero-order valence-electron chi connectivity index (χ0n) is 13.8. The van der Waals surface area contributed by atoms with Crippen LogP contribution in [0.15, 0.2) is 34.3 Å². The van der Waals surface area contributed by atoms with Crippen molar-refractivity contribution in [3.63, 3.8) is 0 Å². The van der Waals surface area contributed by atoms with Gasteiger partial charge in [-0.15, -0.1) is 21.5 Å². The van der Waals surface area contributed by atoms with Crippen LogP contribution in [0.5, 0.6) is 0 Å². The fourth-order valence-corrected chi connectivity index (χ4v) is 4.08. The Balaban J connectivity index is 1.32. The highest BCUT2D eigenvalue weighted by molar-refractivity contribution is 7.12. The van der Waals surface area contributed by atoms with E-state index in [1.54, 1.807) is 21.1 Å². The van der Waals surface area contributed by atoms with E-state index in [4.69, 9.17) is 0 Å². The van der Waals surface area contributed by atoms with Crippen LogP contribution in [-0.4, -0.2) is 68.0 Å². The molecular weight excluding hydrogens is 372 g/mol. The third-order valence-corrected chi connectivity index (χ3v) is 5.70.